The lowest BCUT2D eigenvalue weighted by molar-refractivity contribution is 0.399. The molecule has 18 heavy (non-hydrogen) atoms. The van der Waals surface area contributed by atoms with Gasteiger partial charge in [0.15, 0.2) is 11.6 Å². The fourth-order valence-corrected chi connectivity index (χ4v) is 2.12. The lowest BCUT2D eigenvalue weighted by Gasteiger charge is -2.37. The van der Waals surface area contributed by atoms with E-state index in [9.17, 15) is 9.50 Å². The van der Waals surface area contributed by atoms with Crippen molar-refractivity contribution < 1.29 is 9.50 Å². The molecule has 0 aromatic heterocycles. The Balaban J connectivity index is 2.46. The van der Waals surface area contributed by atoms with Gasteiger partial charge in [-0.15, -0.1) is 0 Å². The summed E-state index contributed by atoms with van der Waals surface area (Å²) in [6.07, 6.45) is 3.33. The van der Waals surface area contributed by atoms with Crippen LogP contribution in [0.3, 0.4) is 0 Å². The van der Waals surface area contributed by atoms with Crippen molar-refractivity contribution in [2.45, 2.75) is 25.3 Å². The molecule has 1 N–H and O–H groups in total. The number of phenols is 1. The molecule has 0 unspecified atom stereocenters. The van der Waals surface area contributed by atoms with Crippen LogP contribution in [-0.2, 0) is 0 Å². The minimum Gasteiger partial charge on any atom is -0.505 e. The van der Waals surface area contributed by atoms with E-state index in [1.54, 1.807) is 0 Å². The third kappa shape index (κ3) is 2.04. The molecule has 0 amide bonds. The normalized spacial score (nSPS) is 14.7. The Morgan fingerprint density at radius 1 is 1.56 bits per heavy atom. The second-order valence-corrected chi connectivity index (χ2v) is 4.61. The van der Waals surface area contributed by atoms with Crippen LogP contribution in [0.15, 0.2) is 18.7 Å². The van der Waals surface area contributed by atoms with Crippen molar-refractivity contribution in [3.05, 3.63) is 30.1 Å². The van der Waals surface area contributed by atoms with E-state index in [0.29, 0.717) is 17.3 Å². The van der Waals surface area contributed by atoms with Gasteiger partial charge < -0.3 is 10.0 Å². The van der Waals surface area contributed by atoms with E-state index in [2.05, 4.69) is 6.58 Å². The summed E-state index contributed by atoms with van der Waals surface area (Å²) in [7, 11) is 1.89. The van der Waals surface area contributed by atoms with Crippen molar-refractivity contribution in [3.8, 4) is 11.8 Å². The highest BCUT2D eigenvalue weighted by Gasteiger charge is 2.25. The summed E-state index contributed by atoms with van der Waals surface area (Å²) in [5.74, 6) is -1.13. The maximum atomic E-state index is 13.4. The van der Waals surface area contributed by atoms with Gasteiger partial charge in [-0.25, -0.2) is 4.39 Å². The van der Waals surface area contributed by atoms with Crippen LogP contribution in [0.2, 0.25) is 0 Å². The largest absolute Gasteiger partial charge is 0.505 e. The molecular weight excluding hydrogens is 231 g/mol. The second-order valence-electron chi connectivity index (χ2n) is 4.61. The van der Waals surface area contributed by atoms with Crippen LogP contribution in [0.1, 0.15) is 24.8 Å². The van der Waals surface area contributed by atoms with Gasteiger partial charge in [0.2, 0.25) is 0 Å². The number of hydrogen-bond acceptors (Lipinski definition) is 3. The lowest BCUT2D eigenvalue weighted by Crippen LogP contribution is -2.37. The molecule has 1 aromatic rings. The predicted molar refractivity (Wildman–Crippen MR) is 68.8 cm³/mol. The standard InChI is InChI=1S/C14H15FN2O/c1-9(8-16)11-6-12(15)14(18)7-13(11)17(2)10-4-3-5-10/h6-7,10,18H,1,3-5H2,2H3. The Morgan fingerprint density at radius 3 is 2.72 bits per heavy atom. The molecule has 3 nitrogen and oxygen atoms in total. The molecule has 0 bridgehead atoms. The zero-order valence-corrected chi connectivity index (χ0v) is 10.3. The Labute approximate surface area is 106 Å². The van der Waals surface area contributed by atoms with Gasteiger partial charge in [-0.1, -0.05) is 6.58 Å². The molecule has 0 aliphatic heterocycles. The maximum absolute atomic E-state index is 13.4. The van der Waals surface area contributed by atoms with Gasteiger partial charge in [-0.05, 0) is 25.3 Å². The summed E-state index contributed by atoms with van der Waals surface area (Å²) in [6.45, 7) is 3.62. The van der Waals surface area contributed by atoms with Gasteiger partial charge in [0.25, 0.3) is 0 Å². The third-order valence-electron chi connectivity index (χ3n) is 3.53. The summed E-state index contributed by atoms with van der Waals surface area (Å²) >= 11 is 0. The van der Waals surface area contributed by atoms with Gasteiger partial charge in [0.05, 0.1) is 11.6 Å². The number of benzene rings is 1. The van der Waals surface area contributed by atoms with E-state index < -0.39 is 11.6 Å². The Kier molecular flexibility index (Phi) is 3.24. The molecule has 2 rings (SSSR count). The highest BCUT2D eigenvalue weighted by Crippen LogP contribution is 2.36. The number of hydrogen-bond donors (Lipinski definition) is 1. The molecule has 1 aliphatic rings. The topological polar surface area (TPSA) is 47.3 Å². The third-order valence-corrected chi connectivity index (χ3v) is 3.53. The number of anilines is 1. The molecule has 0 spiro atoms. The van der Waals surface area contributed by atoms with E-state index in [-0.39, 0.29) is 5.57 Å². The van der Waals surface area contributed by atoms with Gasteiger partial charge >= 0.3 is 0 Å². The van der Waals surface area contributed by atoms with Crippen molar-refractivity contribution >= 4 is 11.3 Å². The molecule has 0 atom stereocenters. The number of aromatic hydroxyl groups is 1. The number of nitriles is 1. The highest BCUT2D eigenvalue weighted by molar-refractivity contribution is 5.84. The van der Waals surface area contributed by atoms with E-state index >= 15 is 0 Å². The second kappa shape index (κ2) is 4.69. The van der Waals surface area contributed by atoms with Crippen molar-refractivity contribution in [1.82, 2.24) is 0 Å². The summed E-state index contributed by atoms with van der Waals surface area (Å²) in [4.78, 5) is 1.99. The smallest absolute Gasteiger partial charge is 0.165 e. The first-order chi connectivity index (χ1) is 8.54. The van der Waals surface area contributed by atoms with E-state index in [0.717, 1.165) is 12.8 Å². The van der Waals surface area contributed by atoms with E-state index in [4.69, 9.17) is 5.26 Å². The summed E-state index contributed by atoms with van der Waals surface area (Å²) in [5, 5.41) is 18.4. The summed E-state index contributed by atoms with van der Waals surface area (Å²) < 4.78 is 13.4. The highest BCUT2D eigenvalue weighted by atomic mass is 19.1. The number of halogens is 1. The molecular formula is C14H15FN2O. The molecule has 0 saturated heterocycles. The predicted octanol–water partition coefficient (Wildman–Crippen LogP) is 3.06. The first-order valence-electron chi connectivity index (χ1n) is 5.89. The SMILES string of the molecule is C=C(C#N)c1cc(F)c(O)cc1N(C)C1CCC1. The van der Waals surface area contributed by atoms with Crippen LogP contribution in [0.4, 0.5) is 10.1 Å². The molecule has 4 heteroatoms. The van der Waals surface area contributed by atoms with E-state index in [1.807, 2.05) is 18.0 Å². The molecule has 1 aromatic carbocycles. The fraction of sp³-hybridized carbons (Fsp3) is 0.357. The average molecular weight is 246 g/mol. The zero-order valence-electron chi connectivity index (χ0n) is 10.3. The van der Waals surface area contributed by atoms with Crippen molar-refractivity contribution in [2.75, 3.05) is 11.9 Å². The average Bonchev–Trinajstić information content (AvgIpc) is 2.28. The number of phenolic OH excluding ortho intramolecular Hbond substituents is 1. The number of nitrogens with zero attached hydrogens (tertiary/aromatic N) is 2. The van der Waals surface area contributed by atoms with Gasteiger partial charge in [-0.3, -0.25) is 0 Å². The molecule has 0 heterocycles. The first kappa shape index (κ1) is 12.4. The Hall–Kier alpha value is -2.02. The Morgan fingerprint density at radius 2 is 2.22 bits per heavy atom. The molecule has 1 aliphatic carbocycles. The minimum absolute atomic E-state index is 0.204. The van der Waals surface area contributed by atoms with Crippen LogP contribution in [0, 0.1) is 17.1 Å². The monoisotopic (exact) mass is 246 g/mol. The lowest BCUT2D eigenvalue weighted by atomic mass is 9.90. The van der Waals surface area contributed by atoms with Crippen LogP contribution >= 0.6 is 0 Å². The van der Waals surface area contributed by atoms with Crippen LogP contribution in [0.25, 0.3) is 5.57 Å². The number of allylic oxidation sites excluding steroid dienone is 1. The number of rotatable bonds is 3. The molecule has 94 valence electrons. The molecule has 1 saturated carbocycles. The fourth-order valence-electron chi connectivity index (χ4n) is 2.12. The van der Waals surface area contributed by atoms with Crippen molar-refractivity contribution in [3.63, 3.8) is 0 Å². The summed E-state index contributed by atoms with van der Waals surface area (Å²) in [6, 6.07) is 4.86. The van der Waals surface area contributed by atoms with Gasteiger partial charge in [-0.2, -0.15) is 5.26 Å². The van der Waals surface area contributed by atoms with Gasteiger partial charge in [0.1, 0.15) is 0 Å². The van der Waals surface area contributed by atoms with Crippen molar-refractivity contribution in [2.24, 2.45) is 0 Å². The molecule has 1 fully saturated rings. The minimum atomic E-state index is -0.729. The van der Waals surface area contributed by atoms with E-state index in [1.165, 1.54) is 18.6 Å². The van der Waals surface area contributed by atoms with Gasteiger partial charge in [0, 0.05) is 30.4 Å². The van der Waals surface area contributed by atoms with Crippen LogP contribution in [0.5, 0.6) is 5.75 Å². The zero-order chi connectivity index (χ0) is 13.3. The quantitative estimate of drug-likeness (QED) is 0.834. The summed E-state index contributed by atoms with van der Waals surface area (Å²) in [5.41, 5.74) is 1.31. The van der Waals surface area contributed by atoms with Crippen LogP contribution < -0.4 is 4.90 Å². The first-order valence-corrected chi connectivity index (χ1v) is 5.89. The Bertz CT molecular complexity index is 529. The van der Waals surface area contributed by atoms with Crippen molar-refractivity contribution in [1.29, 1.82) is 5.26 Å². The maximum Gasteiger partial charge on any atom is 0.165 e. The van der Waals surface area contributed by atoms with Crippen LogP contribution in [-0.4, -0.2) is 18.2 Å². The molecule has 0 radical (unpaired) electrons.